The highest BCUT2D eigenvalue weighted by molar-refractivity contribution is 5.85. The zero-order valence-corrected chi connectivity index (χ0v) is 17.8. The van der Waals surface area contributed by atoms with E-state index in [2.05, 4.69) is 20.4 Å². The van der Waals surface area contributed by atoms with Gasteiger partial charge >= 0.3 is 6.18 Å². The Hall–Kier alpha value is -3.75. The molecule has 2 aromatic carbocycles. The van der Waals surface area contributed by atoms with E-state index in [0.29, 0.717) is 0 Å². The molecule has 0 bridgehead atoms. The number of nitrogens with one attached hydrogen (secondary N) is 2. The summed E-state index contributed by atoms with van der Waals surface area (Å²) in [6.45, 7) is 3.69. The summed E-state index contributed by atoms with van der Waals surface area (Å²) in [5, 5.41) is 6.63. The number of rotatable bonds is 7. The average Bonchev–Trinajstić information content (AvgIpc) is 3.05. The van der Waals surface area contributed by atoms with Crippen molar-refractivity contribution in [3.05, 3.63) is 77.1 Å². The number of halogens is 3. The minimum Gasteiger partial charge on any atom is -0.497 e. The van der Waals surface area contributed by atoms with Gasteiger partial charge in [0.15, 0.2) is 0 Å². The predicted molar refractivity (Wildman–Crippen MR) is 117 cm³/mol. The minimum atomic E-state index is -4.44. The Balaban J connectivity index is 1.61. The van der Waals surface area contributed by atoms with Gasteiger partial charge in [0.25, 0.3) is 5.91 Å². The third-order valence-corrected chi connectivity index (χ3v) is 4.84. The molecule has 3 aromatic rings. The molecule has 0 unspecified atom stereocenters. The normalized spacial score (nSPS) is 11.6. The van der Waals surface area contributed by atoms with Crippen LogP contribution in [-0.4, -0.2) is 30.3 Å². The highest BCUT2D eigenvalue weighted by Crippen LogP contribution is 2.30. The molecule has 0 aliphatic carbocycles. The topological polar surface area (TPSA) is 67.6 Å². The molecule has 0 saturated carbocycles. The van der Waals surface area contributed by atoms with Crippen LogP contribution < -0.4 is 15.5 Å². The van der Waals surface area contributed by atoms with E-state index in [9.17, 15) is 18.0 Å². The van der Waals surface area contributed by atoms with Gasteiger partial charge in [-0.3, -0.25) is 4.79 Å². The summed E-state index contributed by atoms with van der Waals surface area (Å²) in [6, 6.07) is 14.2. The molecule has 1 heterocycles. The Morgan fingerprint density at radius 2 is 1.84 bits per heavy atom. The van der Waals surface area contributed by atoms with E-state index in [0.717, 1.165) is 40.5 Å². The first-order valence-corrected chi connectivity index (χ1v) is 9.75. The standard InChI is InChI=1S/C23H23F3N4O2/c1-15-11-17(16(2)30(15)20-7-9-21(32-3)10-8-20)13-28-29-22(31)14-27-19-6-4-5-18(12-19)23(24,25)26/h4-13,27H,14H2,1-3H3,(H,29,31)/b28-13-. The second-order valence-corrected chi connectivity index (χ2v) is 7.09. The van der Waals surface area contributed by atoms with Gasteiger partial charge in [0.05, 0.1) is 25.4 Å². The number of benzene rings is 2. The number of methoxy groups -OCH3 is 1. The number of amides is 1. The van der Waals surface area contributed by atoms with Crippen molar-refractivity contribution in [3.8, 4) is 11.4 Å². The van der Waals surface area contributed by atoms with Crippen molar-refractivity contribution >= 4 is 17.8 Å². The molecule has 168 valence electrons. The Morgan fingerprint density at radius 3 is 2.50 bits per heavy atom. The fourth-order valence-corrected chi connectivity index (χ4v) is 3.25. The molecule has 0 radical (unpaired) electrons. The Bertz CT molecular complexity index is 1120. The molecule has 1 aromatic heterocycles. The number of hydrazone groups is 1. The molecule has 9 heteroatoms. The van der Waals surface area contributed by atoms with Crippen molar-refractivity contribution < 1.29 is 22.7 Å². The Morgan fingerprint density at radius 1 is 1.12 bits per heavy atom. The van der Waals surface area contributed by atoms with Crippen LogP contribution in [0.2, 0.25) is 0 Å². The highest BCUT2D eigenvalue weighted by Gasteiger charge is 2.30. The number of ether oxygens (including phenoxy) is 1. The quantitative estimate of drug-likeness (QED) is 0.411. The van der Waals surface area contributed by atoms with Gasteiger partial charge < -0.3 is 14.6 Å². The van der Waals surface area contributed by atoms with Gasteiger partial charge in [-0.1, -0.05) is 6.07 Å². The number of aryl methyl sites for hydroxylation is 1. The van der Waals surface area contributed by atoms with Crippen LogP contribution in [0.1, 0.15) is 22.5 Å². The largest absolute Gasteiger partial charge is 0.497 e. The first-order valence-electron chi connectivity index (χ1n) is 9.75. The maximum absolute atomic E-state index is 12.8. The number of aromatic nitrogens is 1. The lowest BCUT2D eigenvalue weighted by Crippen LogP contribution is -2.26. The lowest BCUT2D eigenvalue weighted by Gasteiger charge is -2.10. The number of carbonyl (C=O) groups is 1. The van der Waals surface area contributed by atoms with E-state index in [-0.39, 0.29) is 12.2 Å². The molecule has 0 aliphatic rings. The van der Waals surface area contributed by atoms with Crippen LogP contribution in [0.15, 0.2) is 59.7 Å². The third-order valence-electron chi connectivity index (χ3n) is 4.84. The second-order valence-electron chi connectivity index (χ2n) is 7.09. The number of hydrogen-bond donors (Lipinski definition) is 2. The molecular formula is C23H23F3N4O2. The first-order chi connectivity index (χ1) is 15.2. The zero-order valence-electron chi connectivity index (χ0n) is 17.8. The number of alkyl halides is 3. The van der Waals surface area contributed by atoms with Gasteiger partial charge in [-0.25, -0.2) is 5.43 Å². The van der Waals surface area contributed by atoms with E-state index in [1.807, 2.05) is 44.2 Å². The first kappa shape index (κ1) is 22.9. The van der Waals surface area contributed by atoms with Gasteiger partial charge in [0.1, 0.15) is 5.75 Å². The van der Waals surface area contributed by atoms with E-state index in [1.165, 1.54) is 18.3 Å². The van der Waals surface area contributed by atoms with E-state index < -0.39 is 17.6 Å². The number of nitrogens with zero attached hydrogens (tertiary/aromatic N) is 2. The van der Waals surface area contributed by atoms with Crippen LogP contribution in [0, 0.1) is 13.8 Å². The van der Waals surface area contributed by atoms with Crippen LogP contribution in [0.4, 0.5) is 18.9 Å². The lowest BCUT2D eigenvalue weighted by atomic mass is 10.2. The van der Waals surface area contributed by atoms with Crippen molar-refractivity contribution in [2.75, 3.05) is 19.0 Å². The molecule has 0 atom stereocenters. The summed E-state index contributed by atoms with van der Waals surface area (Å²) in [5.74, 6) is 0.280. The summed E-state index contributed by atoms with van der Waals surface area (Å²) >= 11 is 0. The van der Waals surface area contributed by atoms with Gasteiger partial charge in [-0.2, -0.15) is 18.3 Å². The monoisotopic (exact) mass is 444 g/mol. The predicted octanol–water partition coefficient (Wildman–Crippen LogP) is 4.68. The van der Waals surface area contributed by atoms with Gasteiger partial charge in [-0.15, -0.1) is 0 Å². The molecular weight excluding hydrogens is 421 g/mol. The minimum absolute atomic E-state index is 0.196. The van der Waals surface area contributed by atoms with Crippen molar-refractivity contribution in [2.24, 2.45) is 5.10 Å². The molecule has 6 nitrogen and oxygen atoms in total. The van der Waals surface area contributed by atoms with Crippen molar-refractivity contribution in [2.45, 2.75) is 20.0 Å². The van der Waals surface area contributed by atoms with Crippen LogP contribution in [0.3, 0.4) is 0 Å². The number of hydrogen-bond acceptors (Lipinski definition) is 4. The molecule has 0 spiro atoms. The van der Waals surface area contributed by atoms with Crippen LogP contribution >= 0.6 is 0 Å². The molecule has 0 saturated heterocycles. The van der Waals surface area contributed by atoms with Crippen LogP contribution in [0.25, 0.3) is 5.69 Å². The third kappa shape index (κ3) is 5.48. The maximum atomic E-state index is 12.8. The molecule has 32 heavy (non-hydrogen) atoms. The van der Waals surface area contributed by atoms with Crippen LogP contribution in [-0.2, 0) is 11.0 Å². The summed E-state index contributed by atoms with van der Waals surface area (Å²) in [6.07, 6.45) is -2.91. The van der Waals surface area contributed by atoms with E-state index in [1.54, 1.807) is 7.11 Å². The number of carbonyl (C=O) groups excluding carboxylic acids is 1. The summed E-state index contributed by atoms with van der Waals surface area (Å²) in [4.78, 5) is 12.0. The zero-order chi connectivity index (χ0) is 23.3. The van der Waals surface area contributed by atoms with E-state index in [4.69, 9.17) is 4.74 Å². The highest BCUT2D eigenvalue weighted by atomic mass is 19.4. The second kappa shape index (κ2) is 9.59. The van der Waals surface area contributed by atoms with Gasteiger partial charge in [-0.05, 0) is 62.4 Å². The molecule has 0 fully saturated rings. The SMILES string of the molecule is COc1ccc(-n2c(C)cc(/C=N\NC(=O)CNc3cccc(C(F)(F)F)c3)c2C)cc1. The maximum Gasteiger partial charge on any atom is 0.416 e. The summed E-state index contributed by atoms with van der Waals surface area (Å²) < 4.78 is 45.5. The van der Waals surface area contributed by atoms with Crippen LogP contribution in [0.5, 0.6) is 5.75 Å². The van der Waals surface area contributed by atoms with Gasteiger partial charge in [0.2, 0.25) is 0 Å². The fourth-order valence-electron chi connectivity index (χ4n) is 3.25. The Kier molecular flexibility index (Phi) is 6.87. The summed E-state index contributed by atoms with van der Waals surface area (Å²) in [5.41, 5.74) is 5.51. The van der Waals surface area contributed by atoms with Crippen molar-refractivity contribution in [3.63, 3.8) is 0 Å². The summed E-state index contributed by atoms with van der Waals surface area (Å²) in [7, 11) is 1.61. The average molecular weight is 444 g/mol. The van der Waals surface area contributed by atoms with E-state index >= 15 is 0 Å². The molecule has 1 amide bonds. The smallest absolute Gasteiger partial charge is 0.416 e. The Labute approximate surface area is 183 Å². The fraction of sp³-hybridized carbons (Fsp3) is 0.217. The van der Waals surface area contributed by atoms with Crippen molar-refractivity contribution in [1.82, 2.24) is 9.99 Å². The number of anilines is 1. The molecule has 2 N–H and O–H groups in total. The molecule has 3 rings (SSSR count). The molecule has 0 aliphatic heterocycles. The van der Waals surface area contributed by atoms with Crippen molar-refractivity contribution in [1.29, 1.82) is 0 Å². The van der Waals surface area contributed by atoms with Gasteiger partial charge in [0, 0.05) is 28.3 Å². The lowest BCUT2D eigenvalue weighted by molar-refractivity contribution is -0.137.